The molecule has 7 nitrogen and oxygen atoms in total. The number of para-hydroxylation sites is 1. The fourth-order valence-corrected chi connectivity index (χ4v) is 5.62. The van der Waals surface area contributed by atoms with Gasteiger partial charge in [-0.15, -0.1) is 11.3 Å². The minimum Gasteiger partial charge on any atom is -0.347 e. The number of anilines is 1. The molecule has 9 heteroatoms. The van der Waals surface area contributed by atoms with Crippen LogP contribution in [0.5, 0.6) is 0 Å². The summed E-state index contributed by atoms with van der Waals surface area (Å²) in [6.07, 6.45) is 1.21. The zero-order chi connectivity index (χ0) is 19.3. The van der Waals surface area contributed by atoms with Gasteiger partial charge in [-0.05, 0) is 36.4 Å². The van der Waals surface area contributed by atoms with Crippen LogP contribution in [0.15, 0.2) is 52.1 Å². The summed E-state index contributed by atoms with van der Waals surface area (Å²) in [5.74, 6) is -1.09. The van der Waals surface area contributed by atoms with Gasteiger partial charge in [0.25, 0.3) is 10.0 Å². The summed E-state index contributed by atoms with van der Waals surface area (Å²) in [5.41, 5.74) is 0.655. The van der Waals surface area contributed by atoms with Crippen molar-refractivity contribution in [3.8, 4) is 0 Å². The zero-order valence-corrected chi connectivity index (χ0v) is 16.3. The van der Waals surface area contributed by atoms with E-state index in [1.54, 1.807) is 41.8 Å². The number of piperidine rings is 1. The molecule has 2 aromatic rings. The van der Waals surface area contributed by atoms with Gasteiger partial charge in [-0.2, -0.15) is 4.31 Å². The maximum absolute atomic E-state index is 12.6. The van der Waals surface area contributed by atoms with Gasteiger partial charge in [0.2, 0.25) is 11.8 Å². The summed E-state index contributed by atoms with van der Waals surface area (Å²) in [7, 11) is -3.56. The molecule has 0 radical (unpaired) electrons. The van der Waals surface area contributed by atoms with E-state index in [0.717, 1.165) is 0 Å². The number of nitrogens with zero attached hydrogens (tertiary/aromatic N) is 1. The SMILES string of the molecule is O=C(CNC(=O)C1CCCN(S(=O)(=O)c2cccs2)C1)Nc1ccccc1. The maximum atomic E-state index is 12.6. The molecule has 1 aliphatic rings. The van der Waals surface area contributed by atoms with Crippen molar-refractivity contribution in [1.29, 1.82) is 0 Å². The van der Waals surface area contributed by atoms with Gasteiger partial charge >= 0.3 is 0 Å². The number of hydrogen-bond acceptors (Lipinski definition) is 5. The molecule has 1 aliphatic heterocycles. The Morgan fingerprint density at radius 1 is 1.15 bits per heavy atom. The van der Waals surface area contributed by atoms with Gasteiger partial charge in [-0.25, -0.2) is 8.42 Å². The van der Waals surface area contributed by atoms with Crippen molar-refractivity contribution in [2.75, 3.05) is 25.0 Å². The van der Waals surface area contributed by atoms with Crippen LogP contribution in [0.25, 0.3) is 0 Å². The van der Waals surface area contributed by atoms with E-state index in [9.17, 15) is 18.0 Å². The van der Waals surface area contributed by atoms with Crippen LogP contribution in [0, 0.1) is 5.92 Å². The van der Waals surface area contributed by atoms with E-state index in [1.165, 1.54) is 15.6 Å². The Balaban J connectivity index is 1.53. The molecule has 1 unspecified atom stereocenters. The second-order valence-electron chi connectivity index (χ2n) is 6.27. The van der Waals surface area contributed by atoms with Crippen LogP contribution in [0.2, 0.25) is 0 Å². The van der Waals surface area contributed by atoms with Gasteiger partial charge in [-0.3, -0.25) is 9.59 Å². The number of nitrogens with one attached hydrogen (secondary N) is 2. The Kier molecular flexibility index (Phi) is 6.25. The average molecular weight is 408 g/mol. The third kappa shape index (κ3) is 4.94. The van der Waals surface area contributed by atoms with Gasteiger partial charge < -0.3 is 10.6 Å². The molecule has 1 saturated heterocycles. The van der Waals surface area contributed by atoms with Crippen LogP contribution in [-0.2, 0) is 19.6 Å². The molecule has 1 aromatic heterocycles. The number of benzene rings is 1. The zero-order valence-electron chi connectivity index (χ0n) is 14.6. The van der Waals surface area contributed by atoms with Crippen molar-refractivity contribution in [3.63, 3.8) is 0 Å². The molecular weight excluding hydrogens is 386 g/mol. The largest absolute Gasteiger partial charge is 0.347 e. The van der Waals surface area contributed by atoms with Crippen molar-refractivity contribution in [2.24, 2.45) is 5.92 Å². The molecule has 27 heavy (non-hydrogen) atoms. The minimum atomic E-state index is -3.56. The van der Waals surface area contributed by atoms with Gasteiger partial charge in [-0.1, -0.05) is 24.3 Å². The molecule has 0 bridgehead atoms. The number of thiophene rings is 1. The summed E-state index contributed by atoms with van der Waals surface area (Å²) in [6.45, 7) is 0.382. The summed E-state index contributed by atoms with van der Waals surface area (Å²) in [5, 5.41) is 7.02. The Morgan fingerprint density at radius 3 is 2.63 bits per heavy atom. The summed E-state index contributed by atoms with van der Waals surface area (Å²) in [4.78, 5) is 24.4. The lowest BCUT2D eigenvalue weighted by Gasteiger charge is -2.30. The molecule has 1 atom stereocenters. The third-order valence-corrected chi connectivity index (χ3v) is 7.56. The minimum absolute atomic E-state index is 0.131. The number of sulfonamides is 1. The topological polar surface area (TPSA) is 95.6 Å². The molecule has 1 fully saturated rings. The van der Waals surface area contributed by atoms with Crippen molar-refractivity contribution < 1.29 is 18.0 Å². The first-order valence-corrected chi connectivity index (χ1v) is 10.9. The first kappa shape index (κ1) is 19.5. The van der Waals surface area contributed by atoms with Crippen molar-refractivity contribution in [3.05, 3.63) is 47.8 Å². The van der Waals surface area contributed by atoms with Crippen LogP contribution in [0.3, 0.4) is 0 Å². The monoisotopic (exact) mass is 407 g/mol. The summed E-state index contributed by atoms with van der Waals surface area (Å²) in [6, 6.07) is 12.2. The number of carbonyl (C=O) groups is 2. The Labute approximate surface area is 162 Å². The predicted octanol–water partition coefficient (Wildman–Crippen LogP) is 1.90. The molecule has 2 N–H and O–H groups in total. The molecule has 0 aliphatic carbocycles. The average Bonchev–Trinajstić information content (AvgIpc) is 3.23. The number of amides is 2. The molecule has 3 rings (SSSR count). The molecular formula is C18H21N3O4S2. The Hall–Kier alpha value is -2.23. The van der Waals surface area contributed by atoms with E-state index in [1.807, 2.05) is 6.07 Å². The highest BCUT2D eigenvalue weighted by molar-refractivity contribution is 7.91. The van der Waals surface area contributed by atoms with Gasteiger partial charge in [0.1, 0.15) is 4.21 Å². The lowest BCUT2D eigenvalue weighted by molar-refractivity contribution is -0.128. The van der Waals surface area contributed by atoms with E-state index in [2.05, 4.69) is 10.6 Å². The smallest absolute Gasteiger partial charge is 0.252 e. The molecule has 2 amide bonds. The van der Waals surface area contributed by atoms with Crippen LogP contribution in [-0.4, -0.2) is 44.2 Å². The van der Waals surface area contributed by atoms with Gasteiger partial charge in [0, 0.05) is 18.8 Å². The second-order valence-corrected chi connectivity index (χ2v) is 9.38. The van der Waals surface area contributed by atoms with Gasteiger partial charge in [0.05, 0.1) is 12.5 Å². The quantitative estimate of drug-likeness (QED) is 0.765. The first-order valence-electron chi connectivity index (χ1n) is 8.63. The van der Waals surface area contributed by atoms with Crippen molar-refractivity contribution in [2.45, 2.75) is 17.1 Å². The van der Waals surface area contributed by atoms with E-state index in [-0.39, 0.29) is 29.1 Å². The van der Waals surface area contributed by atoms with Gasteiger partial charge in [0.15, 0.2) is 0 Å². The number of rotatable bonds is 6. The lowest BCUT2D eigenvalue weighted by Crippen LogP contribution is -2.46. The molecule has 1 aromatic carbocycles. The highest BCUT2D eigenvalue weighted by Gasteiger charge is 2.33. The van der Waals surface area contributed by atoms with E-state index >= 15 is 0 Å². The predicted molar refractivity (Wildman–Crippen MR) is 104 cm³/mol. The van der Waals surface area contributed by atoms with E-state index in [4.69, 9.17) is 0 Å². The highest BCUT2D eigenvalue weighted by Crippen LogP contribution is 2.26. The van der Waals surface area contributed by atoms with Crippen LogP contribution >= 0.6 is 11.3 Å². The van der Waals surface area contributed by atoms with Crippen LogP contribution in [0.4, 0.5) is 5.69 Å². The number of hydrogen-bond donors (Lipinski definition) is 2. The van der Waals surface area contributed by atoms with E-state index in [0.29, 0.717) is 25.1 Å². The third-order valence-electron chi connectivity index (χ3n) is 4.32. The van der Waals surface area contributed by atoms with Crippen molar-refractivity contribution in [1.82, 2.24) is 9.62 Å². The normalized spacial score (nSPS) is 18.0. The second kappa shape index (κ2) is 8.64. The standard InChI is InChI=1S/C18H21N3O4S2/c22-16(20-15-7-2-1-3-8-15)12-19-18(23)14-6-4-10-21(13-14)27(24,25)17-9-5-11-26-17/h1-3,5,7-9,11,14H,4,6,10,12-13H2,(H,19,23)(H,20,22). The highest BCUT2D eigenvalue weighted by atomic mass is 32.2. The van der Waals surface area contributed by atoms with E-state index < -0.39 is 15.9 Å². The lowest BCUT2D eigenvalue weighted by atomic mass is 9.99. The van der Waals surface area contributed by atoms with Crippen molar-refractivity contribution >= 4 is 38.9 Å². The maximum Gasteiger partial charge on any atom is 0.252 e. The molecule has 0 spiro atoms. The number of carbonyl (C=O) groups excluding carboxylic acids is 2. The molecule has 0 saturated carbocycles. The summed E-state index contributed by atoms with van der Waals surface area (Å²) >= 11 is 1.17. The summed E-state index contributed by atoms with van der Waals surface area (Å²) < 4.78 is 26.9. The Morgan fingerprint density at radius 2 is 1.93 bits per heavy atom. The fourth-order valence-electron chi connectivity index (χ4n) is 2.95. The first-order chi connectivity index (χ1) is 13.0. The molecule has 144 valence electrons. The Bertz CT molecular complexity index is 883. The van der Waals surface area contributed by atoms with Crippen LogP contribution in [0.1, 0.15) is 12.8 Å². The molecule has 2 heterocycles. The fraction of sp³-hybridized carbons (Fsp3) is 0.333. The van der Waals surface area contributed by atoms with Crippen LogP contribution < -0.4 is 10.6 Å².